The Bertz CT molecular complexity index is 1420. The molecule has 14 heteroatoms. The highest BCUT2D eigenvalue weighted by Crippen LogP contribution is 2.24. The van der Waals surface area contributed by atoms with Gasteiger partial charge < -0.3 is 21.5 Å². The van der Waals surface area contributed by atoms with Crippen LogP contribution >= 0.6 is 0 Å². The van der Waals surface area contributed by atoms with Gasteiger partial charge in [0.25, 0.3) is 5.56 Å². The molecule has 0 saturated carbocycles. The smallest absolute Gasteiger partial charge is 0.475 e. The highest BCUT2D eigenvalue weighted by atomic mass is 19.4. The number of rotatable bonds is 6. The maximum Gasteiger partial charge on any atom is 0.490 e. The number of hydrogen-bond acceptors (Lipinski definition) is 7. The lowest BCUT2D eigenvalue weighted by atomic mass is 10.1. The fourth-order valence-electron chi connectivity index (χ4n) is 3.96. The van der Waals surface area contributed by atoms with Crippen molar-refractivity contribution in [1.29, 1.82) is 0 Å². The van der Waals surface area contributed by atoms with Crippen molar-refractivity contribution in [1.82, 2.24) is 19.9 Å². The molecule has 0 bridgehead atoms. The molecular weight excluding hydrogens is 524 g/mol. The lowest BCUT2D eigenvalue weighted by Gasteiger charge is -2.16. The van der Waals surface area contributed by atoms with Gasteiger partial charge in [-0.1, -0.05) is 6.07 Å². The normalized spacial score (nSPS) is 14.2. The van der Waals surface area contributed by atoms with Crippen LogP contribution in [0.3, 0.4) is 0 Å². The number of anilines is 2. The number of alkyl halides is 3. The molecule has 208 valence electrons. The Balaban J connectivity index is 0.000000532. The summed E-state index contributed by atoms with van der Waals surface area (Å²) < 4.78 is 46.9. The molecule has 0 saturated heterocycles. The van der Waals surface area contributed by atoms with E-state index in [4.69, 9.17) is 15.6 Å². The van der Waals surface area contributed by atoms with Crippen molar-refractivity contribution in [2.24, 2.45) is 0 Å². The third-order valence-corrected chi connectivity index (χ3v) is 5.81. The molecule has 3 heterocycles. The van der Waals surface area contributed by atoms with Gasteiger partial charge in [0, 0.05) is 31.2 Å². The van der Waals surface area contributed by atoms with Crippen LogP contribution in [0.5, 0.6) is 0 Å². The van der Waals surface area contributed by atoms with Crippen molar-refractivity contribution in [2.45, 2.75) is 52.0 Å². The number of aromatic nitrogens is 3. The predicted octanol–water partition coefficient (Wildman–Crippen LogP) is 3.03. The minimum absolute atomic E-state index is 0.133. The van der Waals surface area contributed by atoms with Crippen molar-refractivity contribution in [2.75, 3.05) is 11.1 Å². The van der Waals surface area contributed by atoms with Crippen molar-refractivity contribution in [3.8, 4) is 0 Å². The van der Waals surface area contributed by atoms with Crippen molar-refractivity contribution in [3.63, 3.8) is 0 Å². The molecule has 3 aromatic rings. The van der Waals surface area contributed by atoms with Gasteiger partial charge in [-0.2, -0.15) is 13.2 Å². The van der Waals surface area contributed by atoms with Gasteiger partial charge >= 0.3 is 12.1 Å². The van der Waals surface area contributed by atoms with E-state index in [2.05, 4.69) is 20.6 Å². The average molecular weight is 551 g/mol. The van der Waals surface area contributed by atoms with Crippen molar-refractivity contribution in [3.05, 3.63) is 80.8 Å². The van der Waals surface area contributed by atoms with Gasteiger partial charge in [-0.3, -0.25) is 14.2 Å². The topological polar surface area (TPSA) is 152 Å². The van der Waals surface area contributed by atoms with Crippen LogP contribution in [0.2, 0.25) is 0 Å². The molecular formula is C25H26F4N6O4. The number of aliphatic carboxylic acids is 1. The second kappa shape index (κ2) is 11.9. The first-order valence-corrected chi connectivity index (χ1v) is 11.7. The summed E-state index contributed by atoms with van der Waals surface area (Å²) in [5, 5.41) is 13.0. The molecule has 1 amide bonds. The Morgan fingerprint density at radius 2 is 1.79 bits per heavy atom. The molecule has 1 aliphatic rings. The number of carbonyl (C=O) groups is 2. The SMILES string of the molecule is Cc1cc(F)cc(CNc2ncc3n(c2=O)[C@H](C(=O)NCc2cnc(N)c(C)c2)CC3)c1.O=C(O)C(F)(F)F. The van der Waals surface area contributed by atoms with Gasteiger partial charge in [0.2, 0.25) is 5.91 Å². The van der Waals surface area contributed by atoms with Crippen LogP contribution in [0.15, 0.2) is 41.5 Å². The maximum absolute atomic E-state index is 13.6. The van der Waals surface area contributed by atoms with Crippen molar-refractivity contribution >= 4 is 23.5 Å². The second-order valence-corrected chi connectivity index (χ2v) is 8.88. The zero-order valence-corrected chi connectivity index (χ0v) is 21.0. The first kappa shape index (κ1) is 29.1. The van der Waals surface area contributed by atoms with E-state index in [9.17, 15) is 27.2 Å². The van der Waals surface area contributed by atoms with Gasteiger partial charge in [0.05, 0.1) is 0 Å². The third-order valence-electron chi connectivity index (χ3n) is 5.81. The average Bonchev–Trinajstić information content (AvgIpc) is 3.28. The van der Waals surface area contributed by atoms with E-state index < -0.39 is 18.2 Å². The number of carbonyl (C=O) groups excluding carboxylic acids is 1. The molecule has 0 fully saturated rings. The van der Waals surface area contributed by atoms with Crippen LogP contribution < -0.4 is 21.9 Å². The van der Waals surface area contributed by atoms with Crippen molar-refractivity contribution < 1.29 is 32.3 Å². The molecule has 4 rings (SSSR count). The standard InChI is InChI=1S/C23H25FN6O2.C2HF3O2/c1-13-5-15(8-17(24)6-13)9-27-21-23(32)30-18(12-28-21)3-4-19(30)22(31)29-11-16-7-14(2)20(25)26-10-16;3-2(4,5)1(6)7/h5-8,10,12,19H,3-4,9,11H2,1-2H3,(H2,25,26)(H,27,28)(H,29,31);(H,6,7)/t19-;/m0./s1. The predicted molar refractivity (Wildman–Crippen MR) is 133 cm³/mol. The molecule has 0 spiro atoms. The minimum atomic E-state index is -5.08. The minimum Gasteiger partial charge on any atom is -0.475 e. The van der Waals surface area contributed by atoms with Gasteiger partial charge in [-0.05, 0) is 67.1 Å². The quantitative estimate of drug-likeness (QED) is 0.342. The van der Waals surface area contributed by atoms with E-state index in [0.717, 1.165) is 16.7 Å². The monoisotopic (exact) mass is 550 g/mol. The van der Waals surface area contributed by atoms with E-state index in [1.54, 1.807) is 19.3 Å². The van der Waals surface area contributed by atoms with Gasteiger partial charge in [-0.15, -0.1) is 0 Å². The number of carboxylic acids is 1. The van der Waals surface area contributed by atoms with Crippen LogP contribution in [-0.4, -0.2) is 37.7 Å². The van der Waals surface area contributed by atoms with E-state index in [1.165, 1.54) is 16.7 Å². The summed E-state index contributed by atoms with van der Waals surface area (Å²) in [7, 11) is 0. The number of pyridine rings is 1. The molecule has 39 heavy (non-hydrogen) atoms. The Labute approximate surface area is 219 Å². The lowest BCUT2D eigenvalue weighted by Crippen LogP contribution is -2.36. The Kier molecular flexibility index (Phi) is 8.89. The highest BCUT2D eigenvalue weighted by molar-refractivity contribution is 5.81. The fraction of sp³-hybridized carbons (Fsp3) is 0.320. The van der Waals surface area contributed by atoms with Crippen LogP contribution in [0.4, 0.5) is 29.2 Å². The summed E-state index contributed by atoms with van der Waals surface area (Å²) in [6.45, 7) is 4.20. The number of aryl methyl sites for hydroxylation is 3. The molecule has 0 radical (unpaired) electrons. The molecule has 1 atom stereocenters. The molecule has 2 aromatic heterocycles. The zero-order chi connectivity index (χ0) is 28.9. The van der Waals surface area contributed by atoms with Gasteiger partial charge in [0.15, 0.2) is 5.82 Å². The number of hydrogen-bond donors (Lipinski definition) is 4. The van der Waals surface area contributed by atoms with Gasteiger partial charge in [0.1, 0.15) is 17.7 Å². The maximum atomic E-state index is 13.6. The molecule has 10 nitrogen and oxygen atoms in total. The number of carboxylic acid groups (broad SMARTS) is 1. The number of nitrogen functional groups attached to an aromatic ring is 1. The first-order valence-electron chi connectivity index (χ1n) is 11.7. The number of nitrogens with two attached hydrogens (primary N) is 1. The number of nitrogens with one attached hydrogen (secondary N) is 2. The summed E-state index contributed by atoms with van der Waals surface area (Å²) in [5.74, 6) is -2.74. The summed E-state index contributed by atoms with van der Waals surface area (Å²) in [5.41, 5.74) is 9.26. The fourth-order valence-corrected chi connectivity index (χ4v) is 3.96. The number of benzene rings is 1. The van der Waals surface area contributed by atoms with Crippen LogP contribution in [0.1, 0.15) is 40.4 Å². The van der Waals surface area contributed by atoms with Crippen LogP contribution in [-0.2, 0) is 29.1 Å². The van der Waals surface area contributed by atoms with Crippen LogP contribution in [0, 0.1) is 19.7 Å². The third kappa shape index (κ3) is 7.52. The number of halogens is 4. The highest BCUT2D eigenvalue weighted by Gasteiger charge is 2.38. The first-order chi connectivity index (χ1) is 18.3. The molecule has 0 aliphatic carbocycles. The molecule has 1 aromatic carbocycles. The van der Waals surface area contributed by atoms with E-state index in [0.29, 0.717) is 36.5 Å². The Morgan fingerprint density at radius 3 is 2.41 bits per heavy atom. The summed E-state index contributed by atoms with van der Waals surface area (Å²) in [4.78, 5) is 43.1. The lowest BCUT2D eigenvalue weighted by molar-refractivity contribution is -0.192. The summed E-state index contributed by atoms with van der Waals surface area (Å²) >= 11 is 0. The molecule has 0 unspecified atom stereocenters. The largest absolute Gasteiger partial charge is 0.490 e. The molecule has 1 aliphatic heterocycles. The van der Waals surface area contributed by atoms with Gasteiger partial charge in [-0.25, -0.2) is 19.2 Å². The number of nitrogens with zero attached hydrogens (tertiary/aromatic N) is 3. The molecule has 5 N–H and O–H groups in total. The van der Waals surface area contributed by atoms with E-state index >= 15 is 0 Å². The summed E-state index contributed by atoms with van der Waals surface area (Å²) in [6, 6.07) is 5.95. The number of amides is 1. The Morgan fingerprint density at radius 1 is 1.10 bits per heavy atom. The van der Waals surface area contributed by atoms with Crippen LogP contribution in [0.25, 0.3) is 0 Å². The van der Waals surface area contributed by atoms with E-state index in [-0.39, 0.29) is 29.6 Å². The summed E-state index contributed by atoms with van der Waals surface area (Å²) in [6.07, 6.45) is -0.737. The Hall–Kier alpha value is -4.49. The number of fused-ring (bicyclic) bond motifs is 1. The van der Waals surface area contributed by atoms with E-state index in [1.807, 2.05) is 19.1 Å². The zero-order valence-electron chi connectivity index (χ0n) is 21.0. The second-order valence-electron chi connectivity index (χ2n) is 8.88.